The van der Waals surface area contributed by atoms with Crippen molar-refractivity contribution in [3.05, 3.63) is 22.4 Å². The zero-order chi connectivity index (χ0) is 14.4. The van der Waals surface area contributed by atoms with Crippen molar-refractivity contribution in [3.63, 3.8) is 0 Å². The molecule has 1 saturated carbocycles. The van der Waals surface area contributed by atoms with Crippen LogP contribution in [0.1, 0.15) is 76.6 Å². The third-order valence-electron chi connectivity index (χ3n) is 4.49. The van der Waals surface area contributed by atoms with Crippen LogP contribution in [0, 0.1) is 11.8 Å². The molecule has 1 aromatic heterocycles. The number of rotatable bonds is 7. The predicted molar refractivity (Wildman–Crippen MR) is 90.3 cm³/mol. The predicted octanol–water partition coefficient (Wildman–Crippen LogP) is 5.78. The fraction of sp³-hybridized carbons (Fsp3) is 0.778. The Balaban J connectivity index is 1.89. The Morgan fingerprint density at radius 1 is 1.35 bits per heavy atom. The molecule has 1 N–H and O–H groups in total. The summed E-state index contributed by atoms with van der Waals surface area (Å²) in [4.78, 5) is 1.53. The minimum atomic E-state index is 0.586. The molecule has 114 valence electrons. The van der Waals surface area contributed by atoms with Crippen LogP contribution in [-0.2, 0) is 0 Å². The second-order valence-corrected chi connectivity index (χ2v) is 7.86. The summed E-state index contributed by atoms with van der Waals surface area (Å²) >= 11 is 1.91. The van der Waals surface area contributed by atoms with Crippen LogP contribution in [0.5, 0.6) is 0 Å². The number of hydrogen-bond acceptors (Lipinski definition) is 2. The van der Waals surface area contributed by atoms with Crippen LogP contribution in [0.2, 0.25) is 0 Å². The molecule has 0 radical (unpaired) electrons. The normalized spacial score (nSPS) is 25.0. The summed E-state index contributed by atoms with van der Waals surface area (Å²) in [5.41, 5.74) is 0. The molecule has 0 amide bonds. The van der Waals surface area contributed by atoms with E-state index in [1.54, 1.807) is 0 Å². The molecule has 1 fully saturated rings. The van der Waals surface area contributed by atoms with E-state index < -0.39 is 0 Å². The lowest BCUT2D eigenvalue weighted by Crippen LogP contribution is -2.36. The van der Waals surface area contributed by atoms with E-state index in [1.807, 2.05) is 11.3 Å². The quantitative estimate of drug-likeness (QED) is 0.671. The molecule has 0 aliphatic heterocycles. The molecule has 1 aliphatic carbocycles. The zero-order valence-electron chi connectivity index (χ0n) is 13.4. The van der Waals surface area contributed by atoms with E-state index in [0.717, 1.165) is 17.9 Å². The van der Waals surface area contributed by atoms with Gasteiger partial charge in [-0.15, -0.1) is 11.3 Å². The lowest BCUT2D eigenvalue weighted by molar-refractivity contribution is 0.237. The molecule has 2 rings (SSSR count). The minimum absolute atomic E-state index is 0.586. The van der Waals surface area contributed by atoms with Crippen molar-refractivity contribution in [2.24, 2.45) is 11.8 Å². The molecule has 1 heterocycles. The highest BCUT2D eigenvalue weighted by Crippen LogP contribution is 2.32. The Labute approximate surface area is 129 Å². The maximum Gasteiger partial charge on any atom is 0.0416 e. The summed E-state index contributed by atoms with van der Waals surface area (Å²) in [7, 11) is 0. The second kappa shape index (κ2) is 8.19. The topological polar surface area (TPSA) is 12.0 Å². The molecule has 20 heavy (non-hydrogen) atoms. The van der Waals surface area contributed by atoms with Gasteiger partial charge in [-0.05, 0) is 49.0 Å². The molecule has 0 bridgehead atoms. The average Bonchev–Trinajstić information content (AvgIpc) is 2.91. The van der Waals surface area contributed by atoms with Gasteiger partial charge >= 0.3 is 0 Å². The maximum atomic E-state index is 3.97. The van der Waals surface area contributed by atoms with Crippen molar-refractivity contribution in [2.45, 2.75) is 77.8 Å². The van der Waals surface area contributed by atoms with Crippen molar-refractivity contribution in [1.82, 2.24) is 5.32 Å². The molecule has 1 nitrogen and oxygen atoms in total. The highest BCUT2D eigenvalue weighted by molar-refractivity contribution is 7.10. The van der Waals surface area contributed by atoms with Gasteiger partial charge in [0.15, 0.2) is 0 Å². The summed E-state index contributed by atoms with van der Waals surface area (Å²) in [6, 6.07) is 5.81. The van der Waals surface area contributed by atoms with Gasteiger partial charge in [0.1, 0.15) is 0 Å². The summed E-state index contributed by atoms with van der Waals surface area (Å²) in [5, 5.41) is 6.18. The van der Waals surface area contributed by atoms with Crippen LogP contribution in [-0.4, -0.2) is 6.04 Å². The zero-order valence-corrected chi connectivity index (χ0v) is 14.2. The summed E-state index contributed by atoms with van der Waals surface area (Å²) in [6.07, 6.45) is 9.58. The smallest absolute Gasteiger partial charge is 0.0416 e. The first kappa shape index (κ1) is 16.0. The molecule has 2 heteroatoms. The molecule has 3 unspecified atom stereocenters. The minimum Gasteiger partial charge on any atom is -0.306 e. The number of thiophene rings is 1. The van der Waals surface area contributed by atoms with Gasteiger partial charge in [-0.3, -0.25) is 0 Å². The summed E-state index contributed by atoms with van der Waals surface area (Å²) in [5.74, 6) is 1.80. The Kier molecular flexibility index (Phi) is 6.57. The van der Waals surface area contributed by atoms with E-state index in [4.69, 9.17) is 0 Å². The highest BCUT2D eigenvalue weighted by Gasteiger charge is 2.25. The van der Waals surface area contributed by atoms with Crippen LogP contribution in [0.3, 0.4) is 0 Å². The van der Waals surface area contributed by atoms with Gasteiger partial charge in [-0.25, -0.2) is 0 Å². The van der Waals surface area contributed by atoms with Gasteiger partial charge < -0.3 is 5.32 Å². The van der Waals surface area contributed by atoms with Gasteiger partial charge in [0, 0.05) is 17.0 Å². The van der Waals surface area contributed by atoms with Crippen LogP contribution in [0.25, 0.3) is 0 Å². The van der Waals surface area contributed by atoms with Crippen molar-refractivity contribution in [2.75, 3.05) is 0 Å². The monoisotopic (exact) mass is 293 g/mol. The summed E-state index contributed by atoms with van der Waals surface area (Å²) < 4.78 is 0. The summed E-state index contributed by atoms with van der Waals surface area (Å²) in [6.45, 7) is 7.02. The molecular weight excluding hydrogens is 262 g/mol. The van der Waals surface area contributed by atoms with Gasteiger partial charge in [-0.2, -0.15) is 0 Å². The Hall–Kier alpha value is -0.340. The van der Waals surface area contributed by atoms with E-state index in [2.05, 4.69) is 43.6 Å². The first-order valence-electron chi connectivity index (χ1n) is 8.48. The first-order valence-corrected chi connectivity index (χ1v) is 9.36. The maximum absolute atomic E-state index is 3.97. The fourth-order valence-electron chi connectivity index (χ4n) is 3.69. The lowest BCUT2D eigenvalue weighted by atomic mass is 9.81. The molecule has 1 aromatic rings. The van der Waals surface area contributed by atoms with Crippen LogP contribution < -0.4 is 5.32 Å². The lowest BCUT2D eigenvalue weighted by Gasteiger charge is -2.33. The second-order valence-electron chi connectivity index (χ2n) is 6.88. The van der Waals surface area contributed by atoms with E-state index in [0.29, 0.717) is 6.04 Å². The van der Waals surface area contributed by atoms with Crippen molar-refractivity contribution in [3.8, 4) is 0 Å². The van der Waals surface area contributed by atoms with Gasteiger partial charge in [-0.1, -0.05) is 46.1 Å². The van der Waals surface area contributed by atoms with Crippen LogP contribution in [0.15, 0.2) is 17.5 Å². The number of nitrogens with one attached hydrogen (secondary N) is 1. The number of hydrogen-bond donors (Lipinski definition) is 1. The Morgan fingerprint density at radius 2 is 2.20 bits per heavy atom. The Morgan fingerprint density at radius 3 is 2.85 bits per heavy atom. The third kappa shape index (κ3) is 4.89. The average molecular weight is 294 g/mol. The fourth-order valence-corrected chi connectivity index (χ4v) is 4.52. The van der Waals surface area contributed by atoms with Crippen LogP contribution >= 0.6 is 11.3 Å². The van der Waals surface area contributed by atoms with Crippen LogP contribution in [0.4, 0.5) is 0 Å². The van der Waals surface area contributed by atoms with Crippen molar-refractivity contribution < 1.29 is 0 Å². The van der Waals surface area contributed by atoms with Crippen molar-refractivity contribution in [1.29, 1.82) is 0 Å². The van der Waals surface area contributed by atoms with E-state index in [1.165, 1.54) is 49.8 Å². The molecule has 1 aliphatic rings. The molecule has 0 saturated heterocycles. The van der Waals surface area contributed by atoms with E-state index in [-0.39, 0.29) is 0 Å². The van der Waals surface area contributed by atoms with E-state index in [9.17, 15) is 0 Å². The van der Waals surface area contributed by atoms with Crippen molar-refractivity contribution >= 4 is 11.3 Å². The standard InChI is InChI=1S/C18H31NS/c1-4-7-17(18-10-6-11-20-18)19-16-9-5-8-15(13-16)12-14(2)3/h6,10-11,14-17,19H,4-5,7-9,12-13H2,1-3H3. The first-order chi connectivity index (χ1) is 9.69. The molecule has 0 spiro atoms. The molecular formula is C18H31NS. The molecule has 0 aromatic carbocycles. The van der Waals surface area contributed by atoms with Gasteiger partial charge in [0.25, 0.3) is 0 Å². The van der Waals surface area contributed by atoms with Gasteiger partial charge in [0.05, 0.1) is 0 Å². The SMILES string of the molecule is CCCC(NC1CCCC(CC(C)C)C1)c1cccs1. The van der Waals surface area contributed by atoms with Gasteiger partial charge in [0.2, 0.25) is 0 Å². The highest BCUT2D eigenvalue weighted by atomic mass is 32.1. The largest absolute Gasteiger partial charge is 0.306 e. The Bertz CT molecular complexity index is 358. The molecule has 3 atom stereocenters. The van der Waals surface area contributed by atoms with E-state index >= 15 is 0 Å². The third-order valence-corrected chi connectivity index (χ3v) is 5.47.